The Balaban J connectivity index is 1.81. The first kappa shape index (κ1) is 16.5. The van der Waals surface area contributed by atoms with Crippen LogP contribution in [0.3, 0.4) is 0 Å². The number of ether oxygens (including phenoxy) is 3. The number of hydrogen-bond donors (Lipinski definition) is 1. The molecule has 3 rings (SSSR count). The Labute approximate surface area is 144 Å². The normalized spacial score (nSPS) is 10.5. The van der Waals surface area contributed by atoms with Gasteiger partial charge in [-0.1, -0.05) is 18.2 Å². The van der Waals surface area contributed by atoms with E-state index in [1.165, 1.54) is 14.2 Å². The van der Waals surface area contributed by atoms with Gasteiger partial charge in [-0.05, 0) is 24.3 Å². The molecule has 0 atom stereocenters. The van der Waals surface area contributed by atoms with Gasteiger partial charge in [0.15, 0.2) is 23.6 Å². The third-order valence-corrected chi connectivity index (χ3v) is 3.69. The molecule has 2 aromatic carbocycles. The molecule has 0 fully saturated rings. The lowest BCUT2D eigenvalue weighted by molar-refractivity contribution is -0.381. The van der Waals surface area contributed by atoms with Crippen LogP contribution in [-0.4, -0.2) is 25.2 Å². The van der Waals surface area contributed by atoms with Crippen LogP contribution < -0.4 is 20.2 Å². The minimum Gasteiger partial charge on any atom is -0.493 e. The molecule has 0 aliphatic heterocycles. The number of esters is 1. The maximum absolute atomic E-state index is 12.4. The highest BCUT2D eigenvalue weighted by Gasteiger charge is 2.19. The van der Waals surface area contributed by atoms with Gasteiger partial charge >= 0.3 is 5.97 Å². The van der Waals surface area contributed by atoms with Crippen LogP contribution in [0.1, 0.15) is 16.2 Å². The van der Waals surface area contributed by atoms with E-state index in [9.17, 15) is 4.79 Å². The SMILES string of the molecule is COc1cccc(C(=O)OCc2nc3ccccc3c(N)[nH+]2)c1OC. The van der Waals surface area contributed by atoms with E-state index in [4.69, 9.17) is 19.9 Å². The fourth-order valence-electron chi connectivity index (χ4n) is 2.52. The third-order valence-electron chi connectivity index (χ3n) is 3.69. The fourth-order valence-corrected chi connectivity index (χ4v) is 2.52. The number of anilines is 1. The number of H-pyrrole nitrogens is 1. The molecule has 7 heteroatoms. The van der Waals surface area contributed by atoms with E-state index < -0.39 is 5.97 Å². The lowest BCUT2D eigenvalue weighted by Crippen LogP contribution is -2.21. The summed E-state index contributed by atoms with van der Waals surface area (Å²) < 4.78 is 15.8. The zero-order valence-corrected chi connectivity index (χ0v) is 13.9. The smallest absolute Gasteiger partial charge is 0.342 e. The molecular formula is C18H18N3O4+. The average Bonchev–Trinajstić information content (AvgIpc) is 2.65. The summed E-state index contributed by atoms with van der Waals surface area (Å²) in [6.45, 7) is -0.0474. The monoisotopic (exact) mass is 340 g/mol. The van der Waals surface area contributed by atoms with Crippen LogP contribution in [0, 0.1) is 0 Å². The highest BCUT2D eigenvalue weighted by molar-refractivity contribution is 5.93. The van der Waals surface area contributed by atoms with E-state index in [2.05, 4.69) is 9.97 Å². The van der Waals surface area contributed by atoms with Gasteiger partial charge in [0, 0.05) is 0 Å². The van der Waals surface area contributed by atoms with Crippen molar-refractivity contribution >= 4 is 22.7 Å². The van der Waals surface area contributed by atoms with Gasteiger partial charge in [-0.25, -0.2) is 9.78 Å². The zero-order valence-electron chi connectivity index (χ0n) is 13.9. The van der Waals surface area contributed by atoms with Crippen LogP contribution in [0.2, 0.25) is 0 Å². The molecule has 0 amide bonds. The van der Waals surface area contributed by atoms with Crippen molar-refractivity contribution in [1.82, 2.24) is 4.98 Å². The Hall–Kier alpha value is -3.35. The van der Waals surface area contributed by atoms with Crippen LogP contribution in [-0.2, 0) is 11.3 Å². The van der Waals surface area contributed by atoms with Crippen LogP contribution in [0.5, 0.6) is 11.5 Å². The number of nitrogens with zero attached hydrogens (tertiary/aromatic N) is 1. The maximum atomic E-state index is 12.4. The lowest BCUT2D eigenvalue weighted by atomic mass is 10.2. The van der Waals surface area contributed by atoms with Crippen LogP contribution in [0.25, 0.3) is 10.9 Å². The minimum atomic E-state index is -0.544. The Bertz CT molecular complexity index is 927. The number of methoxy groups -OCH3 is 2. The van der Waals surface area contributed by atoms with Crippen molar-refractivity contribution in [3.63, 3.8) is 0 Å². The maximum Gasteiger partial charge on any atom is 0.342 e. The molecule has 0 bridgehead atoms. The first-order chi connectivity index (χ1) is 12.1. The molecule has 0 aliphatic carbocycles. The van der Waals surface area contributed by atoms with Crippen LogP contribution in [0.15, 0.2) is 42.5 Å². The molecule has 0 saturated carbocycles. The number of fused-ring (bicyclic) bond motifs is 1. The molecule has 1 aromatic heterocycles. The Morgan fingerprint density at radius 2 is 1.92 bits per heavy atom. The lowest BCUT2D eigenvalue weighted by Gasteiger charge is -2.11. The molecule has 1 heterocycles. The molecule has 0 spiro atoms. The number of rotatable bonds is 5. The summed E-state index contributed by atoms with van der Waals surface area (Å²) in [5.74, 6) is 1.15. The molecule has 0 aliphatic rings. The van der Waals surface area contributed by atoms with Crippen molar-refractivity contribution < 1.29 is 24.0 Å². The Morgan fingerprint density at radius 3 is 2.68 bits per heavy atom. The average molecular weight is 340 g/mol. The standard InChI is InChI=1S/C18H17N3O4/c1-23-14-9-5-7-12(16(14)24-2)18(22)25-10-15-20-13-8-4-3-6-11(13)17(19)21-15/h3-9H,10H2,1-2H3,(H2,19,20,21)/p+1. The van der Waals surface area contributed by atoms with Gasteiger partial charge in [0.2, 0.25) is 5.82 Å². The second-order valence-corrected chi connectivity index (χ2v) is 5.23. The molecule has 3 aromatic rings. The fraction of sp³-hybridized carbons (Fsp3) is 0.167. The highest BCUT2D eigenvalue weighted by atomic mass is 16.5. The number of carbonyl (C=O) groups excluding carboxylic acids is 1. The summed E-state index contributed by atoms with van der Waals surface area (Å²) >= 11 is 0. The summed E-state index contributed by atoms with van der Waals surface area (Å²) in [5.41, 5.74) is 6.98. The molecular weight excluding hydrogens is 322 g/mol. The van der Waals surface area contributed by atoms with E-state index in [0.717, 1.165) is 10.9 Å². The van der Waals surface area contributed by atoms with Gasteiger partial charge in [-0.15, -0.1) is 4.98 Å². The van der Waals surface area contributed by atoms with Gasteiger partial charge in [0.25, 0.3) is 5.82 Å². The number of aromatic amines is 1. The first-order valence-electron chi connectivity index (χ1n) is 7.58. The second-order valence-electron chi connectivity index (χ2n) is 5.23. The number of nitrogens with two attached hydrogens (primary N) is 1. The van der Waals surface area contributed by atoms with Crippen molar-refractivity contribution in [1.29, 1.82) is 0 Å². The zero-order chi connectivity index (χ0) is 17.8. The Morgan fingerprint density at radius 1 is 1.12 bits per heavy atom. The summed E-state index contributed by atoms with van der Waals surface area (Å²) in [6.07, 6.45) is 0. The Kier molecular flexibility index (Phi) is 4.65. The second kappa shape index (κ2) is 7.04. The predicted octanol–water partition coefficient (Wildman–Crippen LogP) is 2.01. The number of aromatic nitrogens is 2. The van der Waals surface area contributed by atoms with E-state index in [0.29, 0.717) is 23.1 Å². The third kappa shape index (κ3) is 3.30. The quantitative estimate of drug-likeness (QED) is 0.714. The van der Waals surface area contributed by atoms with E-state index >= 15 is 0 Å². The summed E-state index contributed by atoms with van der Waals surface area (Å²) in [7, 11) is 2.97. The molecule has 3 N–H and O–H groups in total. The summed E-state index contributed by atoms with van der Waals surface area (Å²) in [4.78, 5) is 19.7. The molecule has 128 valence electrons. The van der Waals surface area contributed by atoms with Crippen LogP contribution in [0.4, 0.5) is 5.82 Å². The van der Waals surface area contributed by atoms with Crippen molar-refractivity contribution in [3.8, 4) is 11.5 Å². The van der Waals surface area contributed by atoms with E-state index in [1.807, 2.05) is 24.3 Å². The molecule has 7 nitrogen and oxygen atoms in total. The van der Waals surface area contributed by atoms with Gasteiger partial charge in [0.05, 0.1) is 19.6 Å². The largest absolute Gasteiger partial charge is 0.493 e. The number of carbonyl (C=O) groups is 1. The summed E-state index contributed by atoms with van der Waals surface area (Å²) in [5, 5.41) is 0.812. The molecule has 0 unspecified atom stereocenters. The van der Waals surface area contributed by atoms with Gasteiger partial charge < -0.3 is 19.9 Å². The van der Waals surface area contributed by atoms with Crippen molar-refractivity contribution in [2.24, 2.45) is 0 Å². The number of para-hydroxylation sites is 2. The molecule has 25 heavy (non-hydrogen) atoms. The molecule has 0 saturated heterocycles. The first-order valence-corrected chi connectivity index (χ1v) is 7.58. The van der Waals surface area contributed by atoms with Gasteiger partial charge in [0.1, 0.15) is 5.56 Å². The van der Waals surface area contributed by atoms with Gasteiger partial charge in [-0.2, -0.15) is 0 Å². The summed E-state index contributed by atoms with van der Waals surface area (Å²) in [6, 6.07) is 12.5. The van der Waals surface area contributed by atoms with Crippen molar-refractivity contribution in [2.75, 3.05) is 20.0 Å². The molecule has 0 radical (unpaired) electrons. The van der Waals surface area contributed by atoms with E-state index in [1.54, 1.807) is 18.2 Å². The van der Waals surface area contributed by atoms with E-state index in [-0.39, 0.29) is 12.2 Å². The number of nitrogens with one attached hydrogen (secondary N) is 1. The number of nitrogen functional groups attached to an aromatic ring is 1. The van der Waals surface area contributed by atoms with Crippen molar-refractivity contribution in [3.05, 3.63) is 53.9 Å². The van der Waals surface area contributed by atoms with Crippen molar-refractivity contribution in [2.45, 2.75) is 6.61 Å². The van der Waals surface area contributed by atoms with Gasteiger partial charge in [-0.3, -0.25) is 0 Å². The topological polar surface area (TPSA) is 97.8 Å². The predicted molar refractivity (Wildman–Crippen MR) is 91.4 cm³/mol. The number of benzene rings is 2. The highest BCUT2D eigenvalue weighted by Crippen LogP contribution is 2.31. The minimum absolute atomic E-state index is 0.0474. The van der Waals surface area contributed by atoms with Crippen LogP contribution >= 0.6 is 0 Å². The number of hydrogen-bond acceptors (Lipinski definition) is 6.